The quantitative estimate of drug-likeness (QED) is 0.284. The summed E-state index contributed by atoms with van der Waals surface area (Å²) >= 11 is 0. The molecule has 0 spiro atoms. The Kier molecular flexibility index (Phi) is 11.4. The van der Waals surface area contributed by atoms with Crippen LogP contribution in [0.3, 0.4) is 0 Å². The molecule has 286 valence electrons. The van der Waals surface area contributed by atoms with Gasteiger partial charge in [-0.3, -0.25) is 19.4 Å². The number of carbonyl (C=O) groups excluding carboxylic acids is 4. The number of benzene rings is 3. The molecule has 0 aromatic heterocycles. The van der Waals surface area contributed by atoms with Gasteiger partial charge in [0.2, 0.25) is 0 Å². The van der Waals surface area contributed by atoms with Crippen LogP contribution in [-0.2, 0) is 32.0 Å². The first-order valence-electron chi connectivity index (χ1n) is 18.0. The van der Waals surface area contributed by atoms with Crippen LogP contribution in [-0.4, -0.2) is 125 Å². The minimum Gasteiger partial charge on any atom is -0.447 e. The van der Waals surface area contributed by atoms with E-state index in [2.05, 4.69) is 10.6 Å². The normalized spacial score (nSPS) is 20.2. The Balaban J connectivity index is 0.909. The van der Waals surface area contributed by atoms with E-state index >= 15 is 8.78 Å². The molecule has 54 heavy (non-hydrogen) atoms. The van der Waals surface area contributed by atoms with Crippen LogP contribution >= 0.6 is 0 Å². The lowest BCUT2D eigenvalue weighted by atomic mass is 10.1. The number of anilines is 2. The van der Waals surface area contributed by atoms with Crippen LogP contribution in [0.2, 0.25) is 0 Å². The number of cyclic esters (lactones) is 2. The Morgan fingerprint density at radius 1 is 0.630 bits per heavy atom. The van der Waals surface area contributed by atoms with Crippen LogP contribution in [0.5, 0.6) is 0 Å². The van der Waals surface area contributed by atoms with Gasteiger partial charge in [0.15, 0.2) is 0 Å². The van der Waals surface area contributed by atoms with Crippen LogP contribution in [0.15, 0.2) is 60.7 Å². The molecule has 3 aromatic rings. The van der Waals surface area contributed by atoms with Gasteiger partial charge in [-0.05, 0) is 53.6 Å². The van der Waals surface area contributed by atoms with Crippen molar-refractivity contribution in [1.29, 1.82) is 0 Å². The molecular weight excluding hydrogens is 706 g/mol. The van der Waals surface area contributed by atoms with Crippen LogP contribution in [0.25, 0.3) is 0 Å². The van der Waals surface area contributed by atoms with Crippen LogP contribution in [0, 0.1) is 11.6 Å². The molecule has 0 saturated carbocycles. The van der Waals surface area contributed by atoms with E-state index in [4.69, 9.17) is 18.9 Å². The number of rotatable bonds is 12. The minimum atomic E-state index is -0.563. The zero-order valence-corrected chi connectivity index (χ0v) is 29.6. The van der Waals surface area contributed by atoms with Crippen molar-refractivity contribution in [2.75, 3.05) is 88.7 Å². The van der Waals surface area contributed by atoms with E-state index < -0.39 is 36.1 Å². The van der Waals surface area contributed by atoms with E-state index in [9.17, 15) is 19.2 Å². The molecule has 14 nitrogen and oxygen atoms in total. The van der Waals surface area contributed by atoms with Crippen molar-refractivity contribution in [2.24, 2.45) is 0 Å². The number of ether oxygens (including phenoxy) is 4. The first kappa shape index (κ1) is 36.9. The summed E-state index contributed by atoms with van der Waals surface area (Å²) in [5.41, 5.74) is 2.58. The molecule has 2 N–H and O–H groups in total. The van der Waals surface area contributed by atoms with Crippen molar-refractivity contribution in [3.05, 3.63) is 94.6 Å². The van der Waals surface area contributed by atoms with Crippen LogP contribution in [0.1, 0.15) is 31.8 Å². The summed E-state index contributed by atoms with van der Waals surface area (Å²) in [5, 5.41) is 5.62. The lowest BCUT2D eigenvalue weighted by Gasteiger charge is -2.29. The first-order valence-corrected chi connectivity index (χ1v) is 18.0. The Hall–Kier alpha value is -5.48. The molecule has 4 amide bonds. The van der Waals surface area contributed by atoms with Gasteiger partial charge in [-0.2, -0.15) is 0 Å². The fraction of sp³-hybridized carbons (Fsp3) is 0.421. The molecule has 4 saturated heterocycles. The van der Waals surface area contributed by atoms with Gasteiger partial charge in [0, 0.05) is 63.5 Å². The molecule has 3 aromatic carbocycles. The van der Waals surface area contributed by atoms with Gasteiger partial charge in [0.05, 0.1) is 49.9 Å². The maximum Gasteiger partial charge on any atom is 0.410 e. The van der Waals surface area contributed by atoms with Gasteiger partial charge in [0.25, 0.3) is 11.8 Å². The number of nitrogens with zero attached hydrogens (tertiary/aromatic N) is 4. The van der Waals surface area contributed by atoms with Crippen molar-refractivity contribution in [3.63, 3.8) is 0 Å². The molecule has 4 heterocycles. The zero-order chi connectivity index (χ0) is 37.6. The van der Waals surface area contributed by atoms with E-state index in [1.165, 1.54) is 28.0 Å². The summed E-state index contributed by atoms with van der Waals surface area (Å²) in [6.45, 7) is 4.94. The molecule has 4 aliphatic heterocycles. The van der Waals surface area contributed by atoms with Crippen molar-refractivity contribution < 1.29 is 46.9 Å². The number of hydrogen-bond donors (Lipinski definition) is 2. The third-order valence-electron chi connectivity index (χ3n) is 9.97. The maximum atomic E-state index is 15.0. The molecule has 4 fully saturated rings. The standard InChI is InChI=1S/C38H42F2N6O8/c39-31-16-25(4-6-33(31)43-8-12-51-13-9-43)21-45-29(23-53-37(45)49)19-41-35(47)27-2-1-3-28(18-27)36(48)42-20-30-24-54-38(50)46(30)22-26-5-7-34(32(40)17-26)44-10-14-52-15-11-44/h1-7,16-18,29-30H,8-15,19-24H2,(H,41,47)(H,42,48). The molecule has 7 rings (SSSR count). The largest absolute Gasteiger partial charge is 0.447 e. The second kappa shape index (κ2) is 16.7. The second-order valence-corrected chi connectivity index (χ2v) is 13.5. The minimum absolute atomic E-state index is 0.0506. The topological polar surface area (TPSA) is 142 Å². The van der Waals surface area contributed by atoms with Gasteiger partial charge in [-0.1, -0.05) is 18.2 Å². The van der Waals surface area contributed by atoms with E-state index in [0.29, 0.717) is 75.1 Å². The van der Waals surface area contributed by atoms with E-state index in [1.807, 2.05) is 9.80 Å². The SMILES string of the molecule is O=C(NCC1COC(=O)N1Cc1ccc(N2CCOCC2)c(F)c1)c1cccc(C(=O)NCC2COC(=O)N2Cc2ccc(N3CCOCC3)c(F)c2)c1. The maximum absolute atomic E-state index is 15.0. The van der Waals surface area contributed by atoms with Crippen LogP contribution < -0.4 is 20.4 Å². The highest BCUT2D eigenvalue weighted by Gasteiger charge is 2.35. The molecule has 2 atom stereocenters. The molecular formula is C38H42F2N6O8. The Morgan fingerprint density at radius 3 is 1.46 bits per heavy atom. The zero-order valence-electron chi connectivity index (χ0n) is 29.6. The van der Waals surface area contributed by atoms with E-state index in [0.717, 1.165) is 0 Å². The summed E-state index contributed by atoms with van der Waals surface area (Å²) < 4.78 is 51.2. The summed E-state index contributed by atoms with van der Waals surface area (Å²) in [7, 11) is 0. The third kappa shape index (κ3) is 8.50. The number of carbonyl (C=O) groups is 4. The Morgan fingerprint density at radius 2 is 1.06 bits per heavy atom. The summed E-state index contributed by atoms with van der Waals surface area (Å²) in [6.07, 6.45) is -1.13. The molecule has 0 bridgehead atoms. The summed E-state index contributed by atoms with van der Waals surface area (Å²) in [6, 6.07) is 14.9. The molecule has 0 aliphatic carbocycles. The molecule has 0 radical (unpaired) electrons. The Labute approximate surface area is 310 Å². The molecule has 16 heteroatoms. The highest BCUT2D eigenvalue weighted by molar-refractivity contribution is 5.99. The number of hydrogen-bond acceptors (Lipinski definition) is 10. The van der Waals surface area contributed by atoms with Crippen LogP contribution in [0.4, 0.5) is 29.7 Å². The average molecular weight is 749 g/mol. The number of nitrogens with one attached hydrogen (secondary N) is 2. The van der Waals surface area contributed by atoms with Gasteiger partial charge in [-0.25, -0.2) is 18.4 Å². The molecule has 2 unspecified atom stereocenters. The predicted molar refractivity (Wildman–Crippen MR) is 191 cm³/mol. The second-order valence-electron chi connectivity index (χ2n) is 13.5. The highest BCUT2D eigenvalue weighted by atomic mass is 19.1. The lowest BCUT2D eigenvalue weighted by molar-refractivity contribution is 0.0942. The third-order valence-corrected chi connectivity index (χ3v) is 9.97. The number of morpholine rings is 2. The van der Waals surface area contributed by atoms with Gasteiger partial charge < -0.3 is 39.4 Å². The Bertz CT molecular complexity index is 1740. The van der Waals surface area contributed by atoms with Gasteiger partial charge in [0.1, 0.15) is 24.8 Å². The fourth-order valence-corrected chi connectivity index (χ4v) is 6.94. The molecule has 4 aliphatic rings. The monoisotopic (exact) mass is 748 g/mol. The number of halogens is 2. The van der Waals surface area contributed by atoms with Crippen molar-refractivity contribution in [1.82, 2.24) is 20.4 Å². The summed E-state index contributed by atoms with van der Waals surface area (Å²) in [4.78, 5) is 58.2. The number of amides is 4. The van der Waals surface area contributed by atoms with E-state index in [1.54, 1.807) is 42.5 Å². The smallest absolute Gasteiger partial charge is 0.410 e. The van der Waals surface area contributed by atoms with Crippen molar-refractivity contribution in [2.45, 2.75) is 25.2 Å². The fourth-order valence-electron chi connectivity index (χ4n) is 6.94. The predicted octanol–water partition coefficient (Wildman–Crippen LogP) is 3.14. The average Bonchev–Trinajstić information content (AvgIpc) is 3.72. The van der Waals surface area contributed by atoms with Gasteiger partial charge >= 0.3 is 12.2 Å². The summed E-state index contributed by atoms with van der Waals surface area (Å²) in [5.74, 6) is -1.70. The van der Waals surface area contributed by atoms with E-state index in [-0.39, 0.29) is 62.2 Å². The van der Waals surface area contributed by atoms with Gasteiger partial charge in [-0.15, -0.1) is 0 Å². The first-order chi connectivity index (χ1) is 26.2. The van der Waals surface area contributed by atoms with Crippen molar-refractivity contribution in [3.8, 4) is 0 Å². The van der Waals surface area contributed by atoms with Crippen molar-refractivity contribution >= 4 is 35.4 Å². The highest BCUT2D eigenvalue weighted by Crippen LogP contribution is 2.26. The lowest BCUT2D eigenvalue weighted by Crippen LogP contribution is -2.42.